The number of benzene rings is 1. The number of carboxylic acid groups (broad SMARTS) is 1. The van der Waals surface area contributed by atoms with Crippen LogP contribution in [0.3, 0.4) is 0 Å². The van der Waals surface area contributed by atoms with E-state index in [-0.39, 0.29) is 0 Å². The molecule has 0 unspecified atom stereocenters. The smallest absolute Gasteiger partial charge is 0.336 e. The van der Waals surface area contributed by atoms with Gasteiger partial charge in [0.2, 0.25) is 0 Å². The van der Waals surface area contributed by atoms with Crippen LogP contribution in [-0.2, 0) is 4.79 Å². The van der Waals surface area contributed by atoms with Crippen LogP contribution in [0, 0.1) is 13.8 Å². The molecule has 80 valence electrons. The number of carbonyl (C=O) groups is 1. The molecule has 2 nitrogen and oxygen atoms in total. The van der Waals surface area contributed by atoms with Crippen LogP contribution >= 0.6 is 0 Å². The summed E-state index contributed by atoms with van der Waals surface area (Å²) in [6.07, 6.45) is 0. The van der Waals surface area contributed by atoms with Gasteiger partial charge in [-0.15, -0.1) is 0 Å². The van der Waals surface area contributed by atoms with Crippen LogP contribution in [0.25, 0.3) is 5.57 Å². The van der Waals surface area contributed by atoms with E-state index >= 15 is 0 Å². The number of allylic oxidation sites excluding steroid dienone is 1. The Kier molecular flexibility index (Phi) is 3.30. The molecule has 15 heavy (non-hydrogen) atoms. The summed E-state index contributed by atoms with van der Waals surface area (Å²) in [4.78, 5) is 11.1. The lowest BCUT2D eigenvalue weighted by Gasteiger charge is -2.09. The molecule has 1 rings (SSSR count). The molecule has 1 N–H and O–H groups in total. The van der Waals surface area contributed by atoms with Crippen LogP contribution in [0.4, 0.5) is 0 Å². The number of carboxylic acids is 1. The number of hydrogen-bond acceptors (Lipinski definition) is 1. The van der Waals surface area contributed by atoms with Crippen LogP contribution in [-0.4, -0.2) is 11.1 Å². The predicted octanol–water partition coefficient (Wildman–Crippen LogP) is 3.18. The number of aliphatic carboxylic acids is 1. The van der Waals surface area contributed by atoms with E-state index in [0.29, 0.717) is 5.57 Å². The summed E-state index contributed by atoms with van der Waals surface area (Å²) in [7, 11) is 0. The molecule has 0 spiro atoms. The van der Waals surface area contributed by atoms with Crippen LogP contribution in [0.2, 0.25) is 0 Å². The van der Waals surface area contributed by atoms with Gasteiger partial charge in [-0.2, -0.15) is 0 Å². The lowest BCUT2D eigenvalue weighted by Crippen LogP contribution is -2.03. The van der Waals surface area contributed by atoms with Crippen molar-refractivity contribution in [1.82, 2.24) is 0 Å². The Morgan fingerprint density at radius 3 is 2.20 bits per heavy atom. The molecule has 1 aromatic rings. The number of rotatable bonds is 2. The second-order valence-corrected chi connectivity index (χ2v) is 4.00. The Morgan fingerprint density at radius 2 is 1.80 bits per heavy atom. The molecule has 0 saturated heterocycles. The van der Waals surface area contributed by atoms with E-state index < -0.39 is 5.97 Å². The van der Waals surface area contributed by atoms with E-state index in [0.717, 1.165) is 22.3 Å². The molecule has 0 aliphatic heterocycles. The van der Waals surface area contributed by atoms with Crippen LogP contribution < -0.4 is 0 Å². The Balaban J connectivity index is 3.38. The highest BCUT2D eigenvalue weighted by atomic mass is 16.4. The summed E-state index contributed by atoms with van der Waals surface area (Å²) < 4.78 is 0. The number of hydrogen-bond donors (Lipinski definition) is 1. The Bertz CT molecular complexity index is 424. The predicted molar refractivity (Wildman–Crippen MR) is 61.8 cm³/mol. The summed E-state index contributed by atoms with van der Waals surface area (Å²) in [5, 5.41) is 9.13. The molecule has 0 fully saturated rings. The largest absolute Gasteiger partial charge is 0.478 e. The van der Waals surface area contributed by atoms with Crippen LogP contribution in [0.1, 0.15) is 30.5 Å². The Labute approximate surface area is 90.3 Å². The maximum Gasteiger partial charge on any atom is 0.336 e. The molecule has 0 saturated carbocycles. The molecule has 0 aromatic heterocycles. The van der Waals surface area contributed by atoms with Crippen LogP contribution in [0.5, 0.6) is 0 Å². The molecule has 2 heteroatoms. The first kappa shape index (κ1) is 11.5. The van der Waals surface area contributed by atoms with Gasteiger partial charge in [0.25, 0.3) is 0 Å². The second-order valence-electron chi connectivity index (χ2n) is 4.00. The minimum Gasteiger partial charge on any atom is -0.478 e. The van der Waals surface area contributed by atoms with E-state index in [9.17, 15) is 4.79 Å². The molecule has 0 aliphatic carbocycles. The highest BCUT2D eigenvalue weighted by Gasteiger charge is 2.13. The molecule has 0 radical (unpaired) electrons. The molecule has 0 amide bonds. The van der Waals surface area contributed by atoms with Gasteiger partial charge in [-0.1, -0.05) is 29.3 Å². The summed E-state index contributed by atoms with van der Waals surface area (Å²) in [6, 6.07) is 5.82. The first-order valence-electron chi connectivity index (χ1n) is 4.92. The Hall–Kier alpha value is -1.57. The van der Waals surface area contributed by atoms with Crippen molar-refractivity contribution in [3.05, 3.63) is 40.5 Å². The molecular formula is C13H16O2. The second kappa shape index (κ2) is 4.30. The van der Waals surface area contributed by atoms with Gasteiger partial charge < -0.3 is 5.11 Å². The van der Waals surface area contributed by atoms with Crippen molar-refractivity contribution in [2.45, 2.75) is 27.7 Å². The van der Waals surface area contributed by atoms with Crippen molar-refractivity contribution in [2.24, 2.45) is 0 Å². The molecule has 1 aromatic carbocycles. The van der Waals surface area contributed by atoms with Gasteiger partial charge in [-0.3, -0.25) is 0 Å². The third kappa shape index (κ3) is 2.46. The maximum absolute atomic E-state index is 11.1. The first-order chi connectivity index (χ1) is 6.93. The summed E-state index contributed by atoms with van der Waals surface area (Å²) in [5.74, 6) is -0.859. The normalized spacial score (nSPS) is 9.87. The van der Waals surface area contributed by atoms with Crippen molar-refractivity contribution in [3.8, 4) is 0 Å². The van der Waals surface area contributed by atoms with Crippen molar-refractivity contribution >= 4 is 11.5 Å². The molecule has 0 atom stereocenters. The first-order valence-corrected chi connectivity index (χ1v) is 4.92. The van der Waals surface area contributed by atoms with Crippen LogP contribution in [0.15, 0.2) is 23.8 Å². The van der Waals surface area contributed by atoms with Crippen molar-refractivity contribution in [1.29, 1.82) is 0 Å². The molecular weight excluding hydrogens is 188 g/mol. The quantitative estimate of drug-likeness (QED) is 0.751. The highest BCUT2D eigenvalue weighted by molar-refractivity contribution is 6.16. The van der Waals surface area contributed by atoms with E-state index in [4.69, 9.17) is 5.11 Å². The van der Waals surface area contributed by atoms with Crippen molar-refractivity contribution < 1.29 is 9.90 Å². The fraction of sp³-hybridized carbons (Fsp3) is 0.308. The van der Waals surface area contributed by atoms with Gasteiger partial charge in [0, 0.05) is 0 Å². The lowest BCUT2D eigenvalue weighted by atomic mass is 9.96. The topological polar surface area (TPSA) is 37.3 Å². The standard InChI is InChI=1S/C13H16O2/c1-8(2)12(13(14)15)11-6-5-9(3)7-10(11)4/h5-7H,1-4H3,(H,14,15). The average molecular weight is 204 g/mol. The fourth-order valence-electron chi connectivity index (χ4n) is 1.69. The zero-order valence-electron chi connectivity index (χ0n) is 9.59. The van der Waals surface area contributed by atoms with E-state index in [2.05, 4.69) is 0 Å². The lowest BCUT2D eigenvalue weighted by molar-refractivity contribution is -0.130. The van der Waals surface area contributed by atoms with Gasteiger partial charge >= 0.3 is 5.97 Å². The minimum atomic E-state index is -0.859. The van der Waals surface area contributed by atoms with Gasteiger partial charge in [0.1, 0.15) is 0 Å². The molecule has 0 aliphatic rings. The third-order valence-electron chi connectivity index (χ3n) is 2.37. The summed E-state index contributed by atoms with van der Waals surface area (Å²) in [5.41, 5.74) is 4.21. The Morgan fingerprint density at radius 1 is 1.20 bits per heavy atom. The van der Waals surface area contributed by atoms with E-state index in [1.54, 1.807) is 0 Å². The maximum atomic E-state index is 11.1. The monoisotopic (exact) mass is 204 g/mol. The molecule has 0 bridgehead atoms. The van der Waals surface area contributed by atoms with E-state index in [1.807, 2.05) is 45.9 Å². The van der Waals surface area contributed by atoms with Crippen molar-refractivity contribution in [3.63, 3.8) is 0 Å². The van der Waals surface area contributed by atoms with Gasteiger partial charge in [-0.25, -0.2) is 4.79 Å². The minimum absolute atomic E-state index is 0.410. The zero-order valence-corrected chi connectivity index (χ0v) is 9.59. The van der Waals surface area contributed by atoms with Gasteiger partial charge in [0.15, 0.2) is 0 Å². The zero-order chi connectivity index (χ0) is 11.6. The fourth-order valence-corrected chi connectivity index (χ4v) is 1.69. The van der Waals surface area contributed by atoms with Crippen molar-refractivity contribution in [2.75, 3.05) is 0 Å². The highest BCUT2D eigenvalue weighted by Crippen LogP contribution is 2.23. The molecule has 0 heterocycles. The van der Waals surface area contributed by atoms with Gasteiger partial charge in [0.05, 0.1) is 5.57 Å². The SMILES string of the molecule is CC(C)=C(C(=O)O)c1ccc(C)cc1C. The third-order valence-corrected chi connectivity index (χ3v) is 2.37. The van der Waals surface area contributed by atoms with Gasteiger partial charge in [-0.05, 0) is 38.8 Å². The summed E-state index contributed by atoms with van der Waals surface area (Å²) >= 11 is 0. The van der Waals surface area contributed by atoms with E-state index in [1.165, 1.54) is 0 Å². The number of aryl methyl sites for hydroxylation is 2. The average Bonchev–Trinajstić information content (AvgIpc) is 2.08. The summed E-state index contributed by atoms with van der Waals surface area (Å²) in [6.45, 7) is 7.58.